The van der Waals surface area contributed by atoms with Gasteiger partial charge in [-0.05, 0) is 13.8 Å². The second-order valence-corrected chi connectivity index (χ2v) is 3.50. The molecule has 0 unspecified atom stereocenters. The van der Waals surface area contributed by atoms with E-state index in [0.29, 0.717) is 0 Å². The Kier molecular flexibility index (Phi) is 2.33. The highest BCUT2D eigenvalue weighted by Gasteiger charge is 2.21. The molecule has 54 valence electrons. The van der Waals surface area contributed by atoms with Crippen LogP contribution in [0.3, 0.4) is 0 Å². The molecule has 1 N–H and O–H groups in total. The Labute approximate surface area is 53.6 Å². The van der Waals surface area contributed by atoms with Gasteiger partial charge < -0.3 is 0 Å². The largest absolute Gasteiger partial charge is 0.298 e. The minimum atomic E-state index is -4.15. The first-order valence-electron chi connectivity index (χ1n) is 2.32. The van der Waals surface area contributed by atoms with Gasteiger partial charge in [-0.3, -0.25) is 9.35 Å². The average Bonchev–Trinajstić information content (AvgIpc) is 1.62. The van der Waals surface area contributed by atoms with Gasteiger partial charge in [-0.15, -0.1) is 0 Å². The smallest absolute Gasteiger partial charge is 0.274 e. The Bertz CT molecular complexity index is 203. The SMILES string of the molecule is CC(=O)[C@@H](C)S(=O)(=O)O. The van der Waals surface area contributed by atoms with Crippen LogP contribution in [-0.2, 0) is 14.9 Å². The molecule has 0 rings (SSSR count). The van der Waals surface area contributed by atoms with Crippen LogP contribution in [0.15, 0.2) is 0 Å². The van der Waals surface area contributed by atoms with Gasteiger partial charge in [0.15, 0.2) is 0 Å². The Morgan fingerprint density at radius 3 is 1.89 bits per heavy atom. The molecule has 0 heterocycles. The van der Waals surface area contributed by atoms with Crippen molar-refractivity contribution >= 4 is 15.9 Å². The number of hydrogen-bond acceptors (Lipinski definition) is 3. The highest BCUT2D eigenvalue weighted by molar-refractivity contribution is 7.87. The van der Waals surface area contributed by atoms with Gasteiger partial charge in [0.25, 0.3) is 10.1 Å². The summed E-state index contributed by atoms with van der Waals surface area (Å²) in [6, 6.07) is 0. The van der Waals surface area contributed by atoms with Crippen LogP contribution >= 0.6 is 0 Å². The molecule has 0 aromatic rings. The lowest BCUT2D eigenvalue weighted by atomic mass is 10.3. The maximum Gasteiger partial charge on any atom is 0.274 e. The van der Waals surface area contributed by atoms with Crippen LogP contribution in [-0.4, -0.2) is 24.0 Å². The molecule has 0 spiro atoms. The summed E-state index contributed by atoms with van der Waals surface area (Å²) in [4.78, 5) is 10.3. The van der Waals surface area contributed by atoms with Gasteiger partial charge in [0, 0.05) is 0 Å². The fraction of sp³-hybridized carbons (Fsp3) is 0.750. The van der Waals surface area contributed by atoms with Crippen molar-refractivity contribution in [1.82, 2.24) is 0 Å². The summed E-state index contributed by atoms with van der Waals surface area (Å²) in [5.74, 6) is -0.558. The van der Waals surface area contributed by atoms with E-state index in [1.165, 1.54) is 0 Å². The van der Waals surface area contributed by atoms with Crippen molar-refractivity contribution in [2.45, 2.75) is 19.1 Å². The van der Waals surface area contributed by atoms with Crippen molar-refractivity contribution < 1.29 is 17.8 Å². The minimum Gasteiger partial charge on any atom is -0.298 e. The van der Waals surface area contributed by atoms with Gasteiger partial charge in [0.1, 0.15) is 11.0 Å². The Hall–Kier alpha value is -0.420. The van der Waals surface area contributed by atoms with Gasteiger partial charge >= 0.3 is 0 Å². The van der Waals surface area contributed by atoms with E-state index >= 15 is 0 Å². The number of Topliss-reactive ketones (excluding diaryl/α,β-unsaturated/α-hetero) is 1. The molecule has 0 bridgehead atoms. The maximum atomic E-state index is 10.3. The molecule has 5 heteroatoms. The summed E-state index contributed by atoms with van der Waals surface area (Å²) in [5, 5.41) is -1.29. The van der Waals surface area contributed by atoms with E-state index in [9.17, 15) is 13.2 Å². The Morgan fingerprint density at radius 1 is 1.56 bits per heavy atom. The maximum absolute atomic E-state index is 10.3. The Balaban J connectivity index is 4.43. The molecule has 4 nitrogen and oxygen atoms in total. The molecule has 0 aromatic carbocycles. The predicted molar refractivity (Wildman–Crippen MR) is 31.7 cm³/mol. The van der Waals surface area contributed by atoms with Crippen LogP contribution in [0.5, 0.6) is 0 Å². The molecule has 0 radical (unpaired) electrons. The molecule has 9 heavy (non-hydrogen) atoms. The molecule has 0 aromatic heterocycles. The lowest BCUT2D eigenvalue weighted by Crippen LogP contribution is -2.23. The van der Waals surface area contributed by atoms with E-state index < -0.39 is 21.2 Å². The van der Waals surface area contributed by atoms with Gasteiger partial charge in [-0.25, -0.2) is 0 Å². The quantitative estimate of drug-likeness (QED) is 0.558. The fourth-order valence-corrected chi connectivity index (χ4v) is 0.629. The third-order valence-electron chi connectivity index (χ3n) is 1.02. The van der Waals surface area contributed by atoms with Crippen LogP contribution in [0, 0.1) is 0 Å². The summed E-state index contributed by atoms with van der Waals surface area (Å²) < 4.78 is 28.4. The standard InChI is InChI=1S/C4H8O4S/c1-3(5)4(2)9(6,7)8/h4H,1-2H3,(H,6,7,8)/t4-/m1/s1. The monoisotopic (exact) mass is 152 g/mol. The molecular weight excluding hydrogens is 144 g/mol. The van der Waals surface area contributed by atoms with E-state index in [-0.39, 0.29) is 0 Å². The van der Waals surface area contributed by atoms with Crippen LogP contribution in [0.1, 0.15) is 13.8 Å². The zero-order chi connectivity index (χ0) is 7.65. The second-order valence-electron chi connectivity index (χ2n) is 1.77. The lowest BCUT2D eigenvalue weighted by molar-refractivity contribution is -0.116. The van der Waals surface area contributed by atoms with Crippen molar-refractivity contribution in [3.63, 3.8) is 0 Å². The third-order valence-corrected chi connectivity index (χ3v) is 2.24. The highest BCUT2D eigenvalue weighted by Crippen LogP contribution is 1.96. The van der Waals surface area contributed by atoms with Crippen molar-refractivity contribution in [1.29, 1.82) is 0 Å². The van der Waals surface area contributed by atoms with Gasteiger partial charge in [0.05, 0.1) is 0 Å². The van der Waals surface area contributed by atoms with Crippen molar-refractivity contribution in [3.05, 3.63) is 0 Å². The summed E-state index contributed by atoms with van der Waals surface area (Å²) >= 11 is 0. The zero-order valence-corrected chi connectivity index (χ0v) is 5.97. The first-order valence-corrected chi connectivity index (χ1v) is 3.82. The first kappa shape index (κ1) is 8.58. The van der Waals surface area contributed by atoms with Crippen molar-refractivity contribution in [3.8, 4) is 0 Å². The Morgan fingerprint density at radius 2 is 1.89 bits per heavy atom. The van der Waals surface area contributed by atoms with E-state index in [4.69, 9.17) is 4.55 Å². The first-order chi connectivity index (χ1) is 3.85. The number of hydrogen-bond donors (Lipinski definition) is 1. The average molecular weight is 152 g/mol. The van der Waals surface area contributed by atoms with Crippen LogP contribution in [0.25, 0.3) is 0 Å². The normalized spacial score (nSPS) is 15.0. The number of rotatable bonds is 2. The number of carbonyl (C=O) groups is 1. The second kappa shape index (κ2) is 2.45. The minimum absolute atomic E-state index is 0.558. The van der Waals surface area contributed by atoms with Crippen LogP contribution < -0.4 is 0 Å². The fourth-order valence-electron chi connectivity index (χ4n) is 0.210. The van der Waals surface area contributed by atoms with E-state index in [1.807, 2.05) is 0 Å². The van der Waals surface area contributed by atoms with E-state index in [0.717, 1.165) is 13.8 Å². The van der Waals surface area contributed by atoms with Gasteiger partial charge in [-0.1, -0.05) is 0 Å². The highest BCUT2D eigenvalue weighted by atomic mass is 32.2. The van der Waals surface area contributed by atoms with Crippen LogP contribution in [0.4, 0.5) is 0 Å². The van der Waals surface area contributed by atoms with Crippen molar-refractivity contribution in [2.75, 3.05) is 0 Å². The number of carbonyl (C=O) groups excluding carboxylic acids is 1. The molecule has 0 saturated heterocycles. The molecule has 0 saturated carbocycles. The topological polar surface area (TPSA) is 71.4 Å². The van der Waals surface area contributed by atoms with Crippen LogP contribution in [0.2, 0.25) is 0 Å². The molecule has 0 amide bonds. The summed E-state index contributed by atoms with van der Waals surface area (Å²) in [6.07, 6.45) is 0. The summed E-state index contributed by atoms with van der Waals surface area (Å²) in [5.41, 5.74) is 0. The van der Waals surface area contributed by atoms with Gasteiger partial charge in [0.2, 0.25) is 0 Å². The summed E-state index contributed by atoms with van der Waals surface area (Å²) in [6.45, 7) is 2.25. The van der Waals surface area contributed by atoms with E-state index in [2.05, 4.69) is 0 Å². The number of ketones is 1. The predicted octanol–water partition coefficient (Wildman–Crippen LogP) is -0.148. The van der Waals surface area contributed by atoms with Gasteiger partial charge in [-0.2, -0.15) is 8.42 Å². The molecular formula is C4H8O4S. The molecule has 0 aliphatic heterocycles. The lowest BCUT2D eigenvalue weighted by Gasteiger charge is -1.99. The molecule has 0 aliphatic rings. The molecule has 0 fully saturated rings. The molecule has 1 atom stereocenters. The zero-order valence-electron chi connectivity index (χ0n) is 5.16. The van der Waals surface area contributed by atoms with E-state index in [1.54, 1.807) is 0 Å². The summed E-state index contributed by atoms with van der Waals surface area (Å²) in [7, 11) is -4.15. The van der Waals surface area contributed by atoms with Crippen molar-refractivity contribution in [2.24, 2.45) is 0 Å². The third kappa shape index (κ3) is 2.57. The molecule has 0 aliphatic carbocycles.